The van der Waals surface area contributed by atoms with Crippen molar-refractivity contribution in [1.82, 2.24) is 19.5 Å². The van der Waals surface area contributed by atoms with Gasteiger partial charge in [-0.2, -0.15) is 0 Å². The molecule has 0 amide bonds. The van der Waals surface area contributed by atoms with E-state index in [1.807, 2.05) is 6.92 Å². The van der Waals surface area contributed by atoms with Crippen molar-refractivity contribution in [2.45, 2.75) is 13.5 Å². The minimum atomic E-state index is -0.539. The maximum absolute atomic E-state index is 14.6. The highest BCUT2D eigenvalue weighted by Gasteiger charge is 2.19. The minimum Gasteiger partial charge on any atom is -0.494 e. The van der Waals surface area contributed by atoms with Gasteiger partial charge in [-0.05, 0) is 19.1 Å². The van der Waals surface area contributed by atoms with E-state index in [0.717, 1.165) is 11.4 Å². The number of benzene rings is 1. The van der Waals surface area contributed by atoms with Crippen molar-refractivity contribution in [3.05, 3.63) is 59.1 Å². The van der Waals surface area contributed by atoms with Crippen LogP contribution in [0.2, 0.25) is 5.02 Å². The van der Waals surface area contributed by atoms with E-state index in [1.54, 1.807) is 35.4 Å². The molecule has 5 nitrogen and oxygen atoms in total. The second kappa shape index (κ2) is 6.34. The lowest BCUT2D eigenvalue weighted by Crippen LogP contribution is -2.05. The van der Waals surface area contributed by atoms with Crippen LogP contribution in [-0.4, -0.2) is 26.6 Å². The maximum atomic E-state index is 14.6. The topological polar surface area (TPSA) is 52.8 Å². The third-order valence-corrected chi connectivity index (χ3v) is 3.70. The van der Waals surface area contributed by atoms with Gasteiger partial charge in [0.15, 0.2) is 11.6 Å². The van der Waals surface area contributed by atoms with Crippen LogP contribution < -0.4 is 4.74 Å². The normalized spacial score (nSPS) is 10.8. The van der Waals surface area contributed by atoms with E-state index >= 15 is 0 Å². The zero-order chi connectivity index (χ0) is 16.4. The highest BCUT2D eigenvalue weighted by Crippen LogP contribution is 2.34. The first kappa shape index (κ1) is 15.4. The quantitative estimate of drug-likeness (QED) is 0.733. The number of rotatable bonds is 4. The molecule has 0 aliphatic carbocycles. The van der Waals surface area contributed by atoms with E-state index in [9.17, 15) is 4.39 Å². The summed E-state index contributed by atoms with van der Waals surface area (Å²) >= 11 is 6.17. The number of hydrogen-bond acceptors (Lipinski definition) is 4. The molecule has 0 N–H and O–H groups in total. The molecule has 3 aromatic rings. The van der Waals surface area contributed by atoms with Gasteiger partial charge >= 0.3 is 0 Å². The van der Waals surface area contributed by atoms with Gasteiger partial charge in [0.2, 0.25) is 0 Å². The van der Waals surface area contributed by atoms with Crippen LogP contribution in [0.3, 0.4) is 0 Å². The number of nitrogens with zero attached hydrogens (tertiary/aromatic N) is 4. The summed E-state index contributed by atoms with van der Waals surface area (Å²) < 4.78 is 21.4. The standard InChI is InChI=1S/C16H14ClFN4O/c1-10-7-21-11(8-20-10)9-22-6-5-19-16(22)14-12(17)3-4-13(23-2)15(14)18/h3-8H,9H2,1-2H3. The van der Waals surface area contributed by atoms with E-state index in [1.165, 1.54) is 13.2 Å². The third-order valence-electron chi connectivity index (χ3n) is 3.38. The molecule has 3 rings (SSSR count). The monoisotopic (exact) mass is 332 g/mol. The van der Waals surface area contributed by atoms with E-state index in [4.69, 9.17) is 16.3 Å². The van der Waals surface area contributed by atoms with Gasteiger partial charge in [-0.1, -0.05) is 11.6 Å². The number of imidazole rings is 1. The van der Waals surface area contributed by atoms with Gasteiger partial charge < -0.3 is 9.30 Å². The van der Waals surface area contributed by atoms with E-state index < -0.39 is 5.82 Å². The molecule has 7 heteroatoms. The Bertz CT molecular complexity index is 833. The zero-order valence-electron chi connectivity index (χ0n) is 12.6. The number of hydrogen-bond donors (Lipinski definition) is 0. The summed E-state index contributed by atoms with van der Waals surface area (Å²) in [6, 6.07) is 3.07. The number of aromatic nitrogens is 4. The molecule has 2 aromatic heterocycles. The van der Waals surface area contributed by atoms with Gasteiger partial charge in [0.1, 0.15) is 5.82 Å². The summed E-state index contributed by atoms with van der Waals surface area (Å²) in [6.07, 6.45) is 6.70. The van der Waals surface area contributed by atoms with Crippen LogP contribution in [0.4, 0.5) is 4.39 Å². The van der Waals surface area contributed by atoms with Crippen molar-refractivity contribution in [2.24, 2.45) is 0 Å². The minimum absolute atomic E-state index is 0.120. The number of aryl methyl sites for hydroxylation is 1. The summed E-state index contributed by atoms with van der Waals surface area (Å²) in [6.45, 7) is 2.28. The van der Waals surface area contributed by atoms with E-state index in [2.05, 4.69) is 15.0 Å². The molecule has 0 fully saturated rings. The predicted octanol–water partition coefficient (Wildman–Crippen LogP) is 3.50. The largest absolute Gasteiger partial charge is 0.494 e. The number of halogens is 2. The Kier molecular flexibility index (Phi) is 4.25. The second-order valence-electron chi connectivity index (χ2n) is 4.97. The fourth-order valence-electron chi connectivity index (χ4n) is 2.24. The van der Waals surface area contributed by atoms with Crippen molar-refractivity contribution < 1.29 is 9.13 Å². The summed E-state index contributed by atoms with van der Waals surface area (Å²) in [5, 5.41) is 0.269. The average molecular weight is 333 g/mol. The SMILES string of the molecule is COc1ccc(Cl)c(-c2nccn2Cc2cnc(C)cn2)c1F. The van der Waals surface area contributed by atoms with Crippen LogP contribution in [0.25, 0.3) is 11.4 Å². The fourth-order valence-corrected chi connectivity index (χ4v) is 2.47. The van der Waals surface area contributed by atoms with Gasteiger partial charge in [-0.3, -0.25) is 9.97 Å². The van der Waals surface area contributed by atoms with Gasteiger partial charge in [-0.25, -0.2) is 9.37 Å². The molecule has 118 valence electrons. The maximum Gasteiger partial charge on any atom is 0.177 e. The van der Waals surface area contributed by atoms with Crippen molar-refractivity contribution in [1.29, 1.82) is 0 Å². The lowest BCUT2D eigenvalue weighted by atomic mass is 10.1. The lowest BCUT2D eigenvalue weighted by molar-refractivity contribution is 0.387. The van der Waals surface area contributed by atoms with Crippen LogP contribution in [0.1, 0.15) is 11.4 Å². The van der Waals surface area contributed by atoms with Gasteiger partial charge in [0, 0.05) is 18.6 Å². The smallest absolute Gasteiger partial charge is 0.177 e. The summed E-state index contributed by atoms with van der Waals surface area (Å²) in [5.74, 6) is -0.00899. The molecule has 0 aliphatic heterocycles. The molecule has 0 saturated heterocycles. The molecular weight excluding hydrogens is 319 g/mol. The molecule has 0 spiro atoms. The first-order valence-corrected chi connectivity index (χ1v) is 7.29. The Hall–Kier alpha value is -2.47. The van der Waals surface area contributed by atoms with Crippen LogP contribution in [0.15, 0.2) is 36.9 Å². The molecule has 0 aliphatic rings. The second-order valence-corrected chi connectivity index (χ2v) is 5.37. The van der Waals surface area contributed by atoms with Gasteiger partial charge in [0.25, 0.3) is 0 Å². The molecule has 2 heterocycles. The Balaban J connectivity index is 2.03. The van der Waals surface area contributed by atoms with Crippen molar-refractivity contribution in [3.63, 3.8) is 0 Å². The molecule has 1 aromatic carbocycles. The third kappa shape index (κ3) is 3.03. The van der Waals surface area contributed by atoms with E-state index in [-0.39, 0.29) is 16.3 Å². The molecular formula is C16H14ClFN4O. The zero-order valence-corrected chi connectivity index (χ0v) is 13.4. The fraction of sp³-hybridized carbons (Fsp3) is 0.188. The molecule has 0 radical (unpaired) electrons. The van der Waals surface area contributed by atoms with Crippen LogP contribution in [0, 0.1) is 12.7 Å². The number of ether oxygens (including phenoxy) is 1. The molecule has 0 unspecified atom stereocenters. The Morgan fingerprint density at radius 3 is 2.74 bits per heavy atom. The Morgan fingerprint density at radius 2 is 2.04 bits per heavy atom. The van der Waals surface area contributed by atoms with Gasteiger partial charge in [0.05, 0.1) is 41.8 Å². The highest BCUT2D eigenvalue weighted by atomic mass is 35.5. The van der Waals surface area contributed by atoms with Crippen LogP contribution in [0.5, 0.6) is 5.75 Å². The van der Waals surface area contributed by atoms with E-state index in [0.29, 0.717) is 12.4 Å². The summed E-state index contributed by atoms with van der Waals surface area (Å²) in [4.78, 5) is 12.7. The molecule has 0 atom stereocenters. The highest BCUT2D eigenvalue weighted by molar-refractivity contribution is 6.33. The first-order chi connectivity index (χ1) is 11.1. The first-order valence-electron chi connectivity index (χ1n) is 6.91. The van der Waals surface area contributed by atoms with Crippen LogP contribution in [-0.2, 0) is 6.54 Å². The lowest BCUT2D eigenvalue weighted by Gasteiger charge is -2.12. The molecule has 0 saturated carbocycles. The van der Waals surface area contributed by atoms with Crippen molar-refractivity contribution >= 4 is 11.6 Å². The van der Waals surface area contributed by atoms with Crippen molar-refractivity contribution in [3.8, 4) is 17.1 Å². The predicted molar refractivity (Wildman–Crippen MR) is 85.1 cm³/mol. The summed E-state index contributed by atoms with van der Waals surface area (Å²) in [7, 11) is 1.41. The van der Waals surface area contributed by atoms with Crippen molar-refractivity contribution in [2.75, 3.05) is 7.11 Å². The Labute approximate surface area is 137 Å². The summed E-state index contributed by atoms with van der Waals surface area (Å²) in [5.41, 5.74) is 1.78. The molecule has 23 heavy (non-hydrogen) atoms. The van der Waals surface area contributed by atoms with Gasteiger partial charge in [-0.15, -0.1) is 0 Å². The number of methoxy groups -OCH3 is 1. The average Bonchev–Trinajstić information content (AvgIpc) is 2.98. The Morgan fingerprint density at radius 1 is 1.22 bits per heavy atom. The van der Waals surface area contributed by atoms with Crippen LogP contribution >= 0.6 is 11.6 Å². The molecule has 0 bridgehead atoms.